The number of ether oxygens (including phenoxy) is 2. The highest BCUT2D eigenvalue weighted by Crippen LogP contribution is 2.20. The SMILES string of the molecule is CC=CC(C[Si](OC)(OC)OC)OCC1CO1. The van der Waals surface area contributed by atoms with Crippen LogP contribution in [0.2, 0.25) is 6.04 Å². The molecule has 6 heteroatoms. The first kappa shape index (κ1) is 14.8. The van der Waals surface area contributed by atoms with Gasteiger partial charge in [-0.2, -0.15) is 0 Å². The maximum absolute atomic E-state index is 5.75. The normalized spacial score (nSPS) is 22.0. The zero-order valence-electron chi connectivity index (χ0n) is 11.0. The van der Waals surface area contributed by atoms with Gasteiger partial charge >= 0.3 is 8.80 Å². The van der Waals surface area contributed by atoms with Crippen molar-refractivity contribution in [2.75, 3.05) is 34.5 Å². The van der Waals surface area contributed by atoms with E-state index in [0.717, 1.165) is 6.61 Å². The van der Waals surface area contributed by atoms with Crippen molar-refractivity contribution in [3.8, 4) is 0 Å². The first-order valence-corrected chi connectivity index (χ1v) is 7.64. The van der Waals surface area contributed by atoms with Gasteiger partial charge in [-0.25, -0.2) is 0 Å². The summed E-state index contributed by atoms with van der Waals surface area (Å²) in [5, 5.41) is 0. The van der Waals surface area contributed by atoms with Crippen LogP contribution in [0, 0.1) is 0 Å². The van der Waals surface area contributed by atoms with Crippen molar-refractivity contribution in [1.29, 1.82) is 0 Å². The Morgan fingerprint density at radius 3 is 2.29 bits per heavy atom. The average Bonchev–Trinajstić information content (AvgIpc) is 3.17. The molecule has 1 heterocycles. The molecule has 1 aliphatic rings. The highest BCUT2D eigenvalue weighted by Gasteiger charge is 2.40. The summed E-state index contributed by atoms with van der Waals surface area (Å²) >= 11 is 0. The van der Waals surface area contributed by atoms with Gasteiger partial charge in [0.1, 0.15) is 6.10 Å². The van der Waals surface area contributed by atoms with Gasteiger partial charge in [0.15, 0.2) is 0 Å². The Morgan fingerprint density at radius 2 is 1.88 bits per heavy atom. The van der Waals surface area contributed by atoms with Gasteiger partial charge in [0, 0.05) is 27.4 Å². The van der Waals surface area contributed by atoms with Crippen LogP contribution >= 0.6 is 0 Å². The van der Waals surface area contributed by atoms with Gasteiger partial charge in [0.25, 0.3) is 0 Å². The van der Waals surface area contributed by atoms with Crippen LogP contribution in [-0.2, 0) is 22.8 Å². The van der Waals surface area contributed by atoms with Crippen LogP contribution in [0.5, 0.6) is 0 Å². The van der Waals surface area contributed by atoms with Gasteiger partial charge in [-0.3, -0.25) is 0 Å². The molecule has 1 aliphatic heterocycles. The molecular weight excluding hydrogens is 240 g/mol. The van der Waals surface area contributed by atoms with Crippen LogP contribution in [0.1, 0.15) is 6.92 Å². The molecule has 2 atom stereocenters. The molecule has 100 valence electrons. The van der Waals surface area contributed by atoms with E-state index < -0.39 is 8.80 Å². The van der Waals surface area contributed by atoms with Crippen LogP contribution in [0.25, 0.3) is 0 Å². The summed E-state index contributed by atoms with van der Waals surface area (Å²) in [4.78, 5) is 0. The van der Waals surface area contributed by atoms with Gasteiger partial charge < -0.3 is 22.8 Å². The van der Waals surface area contributed by atoms with Gasteiger partial charge in [0.2, 0.25) is 0 Å². The van der Waals surface area contributed by atoms with E-state index in [1.807, 2.05) is 19.1 Å². The predicted octanol–water partition coefficient (Wildman–Crippen LogP) is 1.22. The third-order valence-corrected chi connectivity index (χ3v) is 5.46. The molecule has 0 saturated carbocycles. The Balaban J connectivity index is 2.49. The van der Waals surface area contributed by atoms with Crippen LogP contribution in [0.15, 0.2) is 12.2 Å². The van der Waals surface area contributed by atoms with Crippen molar-refractivity contribution in [3.63, 3.8) is 0 Å². The molecule has 0 aromatic carbocycles. The zero-order valence-corrected chi connectivity index (χ0v) is 12.0. The first-order chi connectivity index (χ1) is 8.19. The van der Waals surface area contributed by atoms with Crippen LogP contribution in [0.4, 0.5) is 0 Å². The van der Waals surface area contributed by atoms with Crippen LogP contribution < -0.4 is 0 Å². The number of epoxide rings is 1. The largest absolute Gasteiger partial charge is 0.503 e. The average molecular weight is 262 g/mol. The molecule has 2 unspecified atom stereocenters. The minimum absolute atomic E-state index is 0.0595. The molecular formula is C11H22O5Si. The fourth-order valence-corrected chi connectivity index (χ4v) is 3.29. The lowest BCUT2D eigenvalue weighted by Gasteiger charge is -2.27. The molecule has 0 N–H and O–H groups in total. The van der Waals surface area contributed by atoms with E-state index >= 15 is 0 Å². The fourth-order valence-electron chi connectivity index (χ4n) is 1.54. The fraction of sp³-hybridized carbons (Fsp3) is 0.818. The van der Waals surface area contributed by atoms with Gasteiger partial charge in [-0.15, -0.1) is 0 Å². The number of hydrogen-bond acceptors (Lipinski definition) is 5. The second-order valence-electron chi connectivity index (χ2n) is 3.85. The van der Waals surface area contributed by atoms with Gasteiger partial charge in [-0.1, -0.05) is 12.2 Å². The van der Waals surface area contributed by atoms with Gasteiger partial charge in [0.05, 0.1) is 19.3 Å². The van der Waals surface area contributed by atoms with E-state index in [1.54, 1.807) is 21.3 Å². The third kappa shape index (κ3) is 4.87. The molecule has 1 rings (SSSR count). The Hall–Kier alpha value is -0.243. The summed E-state index contributed by atoms with van der Waals surface area (Å²) in [6.45, 7) is 3.36. The van der Waals surface area contributed by atoms with E-state index in [4.69, 9.17) is 22.8 Å². The number of allylic oxidation sites excluding steroid dienone is 1. The summed E-state index contributed by atoms with van der Waals surface area (Å²) in [6, 6.07) is 0.605. The summed E-state index contributed by atoms with van der Waals surface area (Å²) < 4.78 is 27.0. The lowest BCUT2D eigenvalue weighted by molar-refractivity contribution is 0.0573. The Morgan fingerprint density at radius 1 is 1.29 bits per heavy atom. The standard InChI is InChI=1S/C11H22O5Si/c1-5-6-10(15-7-11-8-16-11)9-17(12-2,13-3)14-4/h5-6,10-11H,7-9H2,1-4H3. The maximum Gasteiger partial charge on any atom is 0.503 e. The summed E-state index contributed by atoms with van der Waals surface area (Å²) in [7, 11) is 2.23. The smallest absolute Gasteiger partial charge is 0.377 e. The van der Waals surface area contributed by atoms with Crippen molar-refractivity contribution in [2.24, 2.45) is 0 Å². The lowest BCUT2D eigenvalue weighted by Crippen LogP contribution is -2.45. The van der Waals surface area contributed by atoms with Crippen molar-refractivity contribution in [1.82, 2.24) is 0 Å². The second kappa shape index (κ2) is 7.25. The van der Waals surface area contributed by atoms with Crippen molar-refractivity contribution < 1.29 is 22.8 Å². The monoisotopic (exact) mass is 262 g/mol. The number of hydrogen-bond donors (Lipinski definition) is 0. The van der Waals surface area contributed by atoms with Crippen molar-refractivity contribution in [3.05, 3.63) is 12.2 Å². The molecule has 1 fully saturated rings. The molecule has 0 amide bonds. The molecule has 0 aromatic heterocycles. The third-order valence-electron chi connectivity index (χ3n) is 2.69. The molecule has 0 aromatic rings. The molecule has 0 bridgehead atoms. The molecule has 0 spiro atoms. The van der Waals surface area contributed by atoms with E-state index in [1.165, 1.54) is 0 Å². The van der Waals surface area contributed by atoms with Crippen molar-refractivity contribution >= 4 is 8.80 Å². The molecule has 17 heavy (non-hydrogen) atoms. The zero-order chi connectivity index (χ0) is 12.7. The maximum atomic E-state index is 5.75. The van der Waals surface area contributed by atoms with Crippen LogP contribution in [0.3, 0.4) is 0 Å². The lowest BCUT2D eigenvalue weighted by atomic mass is 10.3. The Kier molecular flexibility index (Phi) is 6.32. The summed E-state index contributed by atoms with van der Waals surface area (Å²) in [5.74, 6) is 0. The second-order valence-corrected chi connectivity index (χ2v) is 6.85. The highest BCUT2D eigenvalue weighted by molar-refractivity contribution is 6.60. The topological polar surface area (TPSA) is 49.5 Å². The highest BCUT2D eigenvalue weighted by atomic mass is 28.4. The van der Waals surface area contributed by atoms with E-state index in [9.17, 15) is 0 Å². The summed E-state index contributed by atoms with van der Waals surface area (Å²) in [6.07, 6.45) is 4.14. The van der Waals surface area contributed by atoms with Crippen molar-refractivity contribution in [2.45, 2.75) is 25.2 Å². The molecule has 5 nitrogen and oxygen atoms in total. The number of rotatable bonds is 9. The minimum Gasteiger partial charge on any atom is -0.377 e. The van der Waals surface area contributed by atoms with Gasteiger partial charge in [-0.05, 0) is 6.92 Å². The summed E-state index contributed by atoms with van der Waals surface area (Å²) in [5.41, 5.74) is 0. The Labute approximate surface area is 104 Å². The molecule has 0 aliphatic carbocycles. The van der Waals surface area contributed by atoms with Crippen LogP contribution in [-0.4, -0.2) is 55.6 Å². The van der Waals surface area contributed by atoms with E-state index in [0.29, 0.717) is 12.7 Å². The predicted molar refractivity (Wildman–Crippen MR) is 65.9 cm³/mol. The minimum atomic E-state index is -2.59. The quantitative estimate of drug-likeness (QED) is 0.355. The first-order valence-electron chi connectivity index (χ1n) is 5.71. The molecule has 1 saturated heterocycles. The van der Waals surface area contributed by atoms with E-state index in [-0.39, 0.29) is 12.2 Å². The molecule has 0 radical (unpaired) electrons. The van der Waals surface area contributed by atoms with E-state index in [2.05, 4.69) is 0 Å². The Bertz CT molecular complexity index is 230.